The summed E-state index contributed by atoms with van der Waals surface area (Å²) in [6.07, 6.45) is 12.2. The van der Waals surface area contributed by atoms with Gasteiger partial charge in [0.2, 0.25) is 0 Å². The van der Waals surface area contributed by atoms with Crippen molar-refractivity contribution in [2.24, 2.45) is 40.4 Å². The largest absolute Gasteiger partial charge is 0.339 e. The third kappa shape index (κ3) is 3.68. The Morgan fingerprint density at radius 3 is 2.39 bits per heavy atom. The van der Waals surface area contributed by atoms with Crippen LogP contribution in [0.3, 0.4) is 0 Å². The summed E-state index contributed by atoms with van der Waals surface area (Å²) in [6, 6.07) is 10.9. The average molecular weight is 451 g/mol. The Morgan fingerprint density at radius 2 is 1.67 bits per heavy atom. The first-order chi connectivity index (χ1) is 15.8. The molecule has 5 rings (SSSR count). The molecule has 4 saturated carbocycles. The molecule has 1 amide bonds. The van der Waals surface area contributed by atoms with Crippen LogP contribution in [0.2, 0.25) is 0 Å². The van der Waals surface area contributed by atoms with Crippen LogP contribution in [-0.2, 0) is 0 Å². The lowest BCUT2D eigenvalue weighted by atomic mass is 9.44. The molecule has 3 nitrogen and oxygen atoms in total. The van der Waals surface area contributed by atoms with E-state index in [0.717, 1.165) is 35.2 Å². The first-order valence-corrected chi connectivity index (χ1v) is 13.8. The van der Waals surface area contributed by atoms with Gasteiger partial charge in [0.15, 0.2) is 0 Å². The molecule has 0 spiro atoms. The maximum absolute atomic E-state index is 13.1. The predicted molar refractivity (Wildman–Crippen MR) is 136 cm³/mol. The van der Waals surface area contributed by atoms with Crippen molar-refractivity contribution in [3.05, 3.63) is 35.9 Å². The number of nitrogens with one attached hydrogen (secondary N) is 1. The fourth-order valence-corrected chi connectivity index (χ4v) is 9.60. The van der Waals surface area contributed by atoms with E-state index in [0.29, 0.717) is 22.9 Å². The van der Waals surface area contributed by atoms with Crippen LogP contribution in [0.4, 0.5) is 0 Å². The second-order valence-electron chi connectivity index (χ2n) is 12.7. The summed E-state index contributed by atoms with van der Waals surface area (Å²) in [5.41, 5.74) is 1.84. The minimum Gasteiger partial charge on any atom is -0.339 e. The Balaban J connectivity index is 1.30. The van der Waals surface area contributed by atoms with E-state index in [1.165, 1.54) is 57.8 Å². The molecule has 3 heteroatoms. The topological polar surface area (TPSA) is 32.3 Å². The zero-order valence-electron chi connectivity index (χ0n) is 21.6. The van der Waals surface area contributed by atoms with E-state index < -0.39 is 0 Å². The number of amides is 1. The van der Waals surface area contributed by atoms with Crippen molar-refractivity contribution in [2.75, 3.05) is 14.1 Å². The van der Waals surface area contributed by atoms with E-state index in [1.807, 2.05) is 37.4 Å². The molecule has 0 aromatic heterocycles. The van der Waals surface area contributed by atoms with E-state index in [9.17, 15) is 4.79 Å². The molecule has 0 radical (unpaired) electrons. The summed E-state index contributed by atoms with van der Waals surface area (Å²) in [5.74, 6) is 4.57. The van der Waals surface area contributed by atoms with Crippen LogP contribution in [0.5, 0.6) is 0 Å². The van der Waals surface area contributed by atoms with Crippen molar-refractivity contribution in [3.63, 3.8) is 0 Å². The lowest BCUT2D eigenvalue weighted by molar-refractivity contribution is -0.120. The van der Waals surface area contributed by atoms with Gasteiger partial charge >= 0.3 is 0 Å². The molecule has 4 fully saturated rings. The number of carbonyl (C=O) groups excluding carboxylic acids is 1. The normalized spacial score (nSPS) is 43.2. The minimum absolute atomic E-state index is 0.196. The van der Waals surface area contributed by atoms with Gasteiger partial charge in [-0.15, -0.1) is 0 Å². The molecule has 182 valence electrons. The molecular formula is C30H46N2O. The van der Waals surface area contributed by atoms with Gasteiger partial charge in [-0.3, -0.25) is 4.79 Å². The number of hydrogen-bond acceptors (Lipinski definition) is 2. The lowest BCUT2D eigenvalue weighted by Crippen LogP contribution is -2.56. The third-order valence-corrected chi connectivity index (χ3v) is 11.7. The molecule has 1 N–H and O–H groups in total. The molecule has 33 heavy (non-hydrogen) atoms. The molecule has 9 atom stereocenters. The first kappa shape index (κ1) is 23.4. The Morgan fingerprint density at radius 1 is 0.970 bits per heavy atom. The van der Waals surface area contributed by atoms with Crippen LogP contribution in [0.25, 0.3) is 0 Å². The number of hydrogen-bond donors (Lipinski definition) is 1. The molecule has 4 aliphatic carbocycles. The predicted octanol–water partition coefficient (Wildman–Crippen LogP) is 6.39. The zero-order valence-corrected chi connectivity index (χ0v) is 21.6. The van der Waals surface area contributed by atoms with Crippen LogP contribution in [0.1, 0.15) is 88.9 Å². The number of carbonyl (C=O) groups is 1. The van der Waals surface area contributed by atoms with E-state index in [-0.39, 0.29) is 5.91 Å². The van der Waals surface area contributed by atoms with E-state index in [4.69, 9.17) is 0 Å². The standard InChI is InChI=1S/C30H46N2O/c1-20(31-4)25-13-14-26-24-12-11-22-19-23(32(5)28(33)21-9-7-6-8-10-21)15-17-29(22,2)27(24)16-18-30(25,26)3/h6-10,20,22-27,31H,11-19H2,1-5H3/t20?,22-,23?,24-,25+,26-,27-,29-,30+/m0/s1. The monoisotopic (exact) mass is 450 g/mol. The molecule has 0 bridgehead atoms. The lowest BCUT2D eigenvalue weighted by Gasteiger charge is -2.61. The van der Waals surface area contributed by atoms with Crippen molar-refractivity contribution < 1.29 is 4.79 Å². The average Bonchev–Trinajstić information content (AvgIpc) is 3.20. The van der Waals surface area contributed by atoms with Crippen LogP contribution in [-0.4, -0.2) is 37.0 Å². The maximum atomic E-state index is 13.1. The van der Waals surface area contributed by atoms with Gasteiger partial charge < -0.3 is 10.2 Å². The Bertz CT molecular complexity index is 854. The molecular weight excluding hydrogens is 404 g/mol. The number of rotatable bonds is 4. The van der Waals surface area contributed by atoms with E-state index in [1.54, 1.807) is 0 Å². The second kappa shape index (κ2) is 8.70. The summed E-state index contributed by atoms with van der Waals surface area (Å²) < 4.78 is 0. The summed E-state index contributed by atoms with van der Waals surface area (Å²) in [7, 11) is 4.19. The van der Waals surface area contributed by atoms with Crippen LogP contribution >= 0.6 is 0 Å². The van der Waals surface area contributed by atoms with Gasteiger partial charge in [-0.05, 0) is 124 Å². The highest BCUT2D eigenvalue weighted by Gasteiger charge is 2.60. The van der Waals surface area contributed by atoms with Crippen molar-refractivity contribution in [1.29, 1.82) is 0 Å². The minimum atomic E-state index is 0.196. The van der Waals surface area contributed by atoms with Crippen LogP contribution < -0.4 is 5.32 Å². The second-order valence-corrected chi connectivity index (χ2v) is 12.7. The van der Waals surface area contributed by atoms with Crippen LogP contribution in [0, 0.1) is 40.4 Å². The van der Waals surface area contributed by atoms with Crippen molar-refractivity contribution in [2.45, 2.75) is 90.6 Å². The van der Waals surface area contributed by atoms with Crippen molar-refractivity contribution in [3.8, 4) is 0 Å². The molecule has 0 aliphatic heterocycles. The maximum Gasteiger partial charge on any atom is 0.253 e. The van der Waals surface area contributed by atoms with Gasteiger partial charge in [0, 0.05) is 24.7 Å². The molecule has 1 aromatic rings. The summed E-state index contributed by atoms with van der Waals surface area (Å²) >= 11 is 0. The number of benzene rings is 1. The highest BCUT2D eigenvalue weighted by atomic mass is 16.2. The number of fused-ring (bicyclic) bond motifs is 5. The Labute approximate surface area is 202 Å². The van der Waals surface area contributed by atoms with Crippen molar-refractivity contribution >= 4 is 5.91 Å². The van der Waals surface area contributed by atoms with Gasteiger partial charge in [0.05, 0.1) is 0 Å². The SMILES string of the molecule is CNC(C)[C@H]1CC[C@H]2[C@@H]3CC[C@H]4CC(N(C)C(=O)c5ccccc5)CC[C@]4(C)[C@H]3CC[C@]12C. The summed E-state index contributed by atoms with van der Waals surface area (Å²) in [5, 5.41) is 3.59. The summed E-state index contributed by atoms with van der Waals surface area (Å²) in [6.45, 7) is 7.71. The van der Waals surface area contributed by atoms with Crippen molar-refractivity contribution in [1.82, 2.24) is 10.2 Å². The molecule has 0 heterocycles. The smallest absolute Gasteiger partial charge is 0.253 e. The highest BCUT2D eigenvalue weighted by molar-refractivity contribution is 5.94. The molecule has 0 saturated heterocycles. The van der Waals surface area contributed by atoms with Gasteiger partial charge in [0.25, 0.3) is 5.91 Å². The van der Waals surface area contributed by atoms with Crippen LogP contribution in [0.15, 0.2) is 30.3 Å². The van der Waals surface area contributed by atoms with E-state index >= 15 is 0 Å². The quantitative estimate of drug-likeness (QED) is 0.576. The van der Waals surface area contributed by atoms with Gasteiger partial charge in [-0.25, -0.2) is 0 Å². The summed E-state index contributed by atoms with van der Waals surface area (Å²) in [4.78, 5) is 15.2. The fraction of sp³-hybridized carbons (Fsp3) is 0.767. The Kier molecular flexibility index (Phi) is 6.17. The molecule has 4 aliphatic rings. The van der Waals surface area contributed by atoms with E-state index in [2.05, 4.69) is 38.0 Å². The number of nitrogens with zero attached hydrogens (tertiary/aromatic N) is 1. The molecule has 2 unspecified atom stereocenters. The zero-order chi connectivity index (χ0) is 23.4. The third-order valence-electron chi connectivity index (χ3n) is 11.7. The Hall–Kier alpha value is -1.35. The van der Waals surface area contributed by atoms with Gasteiger partial charge in [-0.1, -0.05) is 32.0 Å². The highest BCUT2D eigenvalue weighted by Crippen LogP contribution is 2.67. The molecule has 1 aromatic carbocycles. The fourth-order valence-electron chi connectivity index (χ4n) is 9.60. The van der Waals surface area contributed by atoms with Gasteiger partial charge in [-0.2, -0.15) is 0 Å². The van der Waals surface area contributed by atoms with Gasteiger partial charge in [0.1, 0.15) is 0 Å². The first-order valence-electron chi connectivity index (χ1n) is 13.8.